The zero-order valence-corrected chi connectivity index (χ0v) is 12.0. The quantitative estimate of drug-likeness (QED) is 0.727. The molecule has 0 spiro atoms. The summed E-state index contributed by atoms with van der Waals surface area (Å²) in [7, 11) is 6.10. The fourth-order valence-corrected chi connectivity index (χ4v) is 2.74. The Morgan fingerprint density at radius 1 is 1.12 bits per heavy atom. The van der Waals surface area contributed by atoms with Crippen LogP contribution >= 0.6 is 15.9 Å². The van der Waals surface area contributed by atoms with Crippen LogP contribution in [-0.4, -0.2) is 69.3 Å². The second-order valence-electron chi connectivity index (χ2n) is 3.78. The van der Waals surface area contributed by atoms with Gasteiger partial charge < -0.3 is 28.8 Å². The van der Waals surface area contributed by atoms with E-state index in [0.717, 1.165) is 0 Å². The Morgan fingerprint density at radius 2 is 1.71 bits per heavy atom. The van der Waals surface area contributed by atoms with Gasteiger partial charge in [-0.3, -0.25) is 0 Å². The summed E-state index contributed by atoms with van der Waals surface area (Å²) in [5, 5.41) is 10.1. The molecule has 1 heterocycles. The number of ether oxygens (including phenoxy) is 5. The first-order chi connectivity index (χ1) is 8.01. The van der Waals surface area contributed by atoms with Crippen LogP contribution in [0.2, 0.25) is 0 Å². The summed E-state index contributed by atoms with van der Waals surface area (Å²) in [4.78, 5) is 0. The van der Waals surface area contributed by atoms with Crippen molar-refractivity contribution in [3.63, 3.8) is 0 Å². The van der Waals surface area contributed by atoms with Gasteiger partial charge in [-0.2, -0.15) is 0 Å². The van der Waals surface area contributed by atoms with Gasteiger partial charge >= 0.3 is 0 Å². The van der Waals surface area contributed by atoms with E-state index in [0.29, 0.717) is 0 Å². The van der Waals surface area contributed by atoms with Crippen LogP contribution in [0.5, 0.6) is 0 Å². The minimum atomic E-state index is -1.62. The molecular weight excluding hydrogens is 296 g/mol. The zero-order valence-electron chi connectivity index (χ0n) is 10.4. The SMILES string of the molecule is COC[C@H]1O[C@@](O)(Br)[C@H](OC)[C@@H](OC)[C@@H]1OC. The van der Waals surface area contributed by atoms with Crippen molar-refractivity contribution in [1.29, 1.82) is 0 Å². The predicted octanol–water partition coefficient (Wildman–Crippen LogP) is 0.118. The predicted molar refractivity (Wildman–Crippen MR) is 63.0 cm³/mol. The van der Waals surface area contributed by atoms with Gasteiger partial charge in [0.25, 0.3) is 4.70 Å². The summed E-state index contributed by atoms with van der Waals surface area (Å²) in [6.07, 6.45) is -2.01. The average molecular weight is 315 g/mol. The number of methoxy groups -OCH3 is 4. The average Bonchev–Trinajstić information content (AvgIpc) is 2.27. The summed E-state index contributed by atoms with van der Waals surface area (Å²) < 4.78 is 24.8. The third-order valence-corrected chi connectivity index (χ3v) is 3.42. The molecule has 0 aromatic carbocycles. The third kappa shape index (κ3) is 3.17. The molecule has 102 valence electrons. The van der Waals surface area contributed by atoms with Crippen LogP contribution in [0.1, 0.15) is 0 Å². The molecular formula is C10H19BrO6. The molecule has 1 aliphatic heterocycles. The lowest BCUT2D eigenvalue weighted by atomic mass is 9.98. The minimum Gasteiger partial charge on any atom is -0.382 e. The van der Waals surface area contributed by atoms with E-state index >= 15 is 0 Å². The normalized spacial score (nSPS) is 42.7. The van der Waals surface area contributed by atoms with Crippen molar-refractivity contribution in [2.45, 2.75) is 29.1 Å². The first kappa shape index (κ1) is 15.3. The summed E-state index contributed by atoms with van der Waals surface area (Å²) in [6, 6.07) is 0. The van der Waals surface area contributed by atoms with Crippen LogP contribution in [0.4, 0.5) is 0 Å². The third-order valence-electron chi connectivity index (χ3n) is 2.79. The maximum atomic E-state index is 10.1. The smallest absolute Gasteiger partial charge is 0.254 e. The van der Waals surface area contributed by atoms with Crippen LogP contribution in [0.3, 0.4) is 0 Å². The highest BCUT2D eigenvalue weighted by molar-refractivity contribution is 9.10. The molecule has 1 fully saturated rings. The highest BCUT2D eigenvalue weighted by atomic mass is 79.9. The van der Waals surface area contributed by atoms with Gasteiger partial charge in [0.2, 0.25) is 0 Å². The fourth-order valence-electron chi connectivity index (χ4n) is 2.05. The first-order valence-corrected chi connectivity index (χ1v) is 5.97. The Hall–Kier alpha value is 0.240. The largest absolute Gasteiger partial charge is 0.382 e. The van der Waals surface area contributed by atoms with Crippen molar-refractivity contribution >= 4 is 15.9 Å². The topological polar surface area (TPSA) is 66.4 Å². The standard InChI is InChI=1S/C10H19BrO6/c1-13-5-6-7(14-2)8(15-3)9(16-4)10(11,12)17-6/h6-9,12H,5H2,1-4H3/t6-,7-,8+,9-,10-/m1/s1. The molecule has 1 N–H and O–H groups in total. The van der Waals surface area contributed by atoms with Crippen LogP contribution < -0.4 is 0 Å². The molecule has 17 heavy (non-hydrogen) atoms. The van der Waals surface area contributed by atoms with Gasteiger partial charge in [0, 0.05) is 28.4 Å². The monoisotopic (exact) mass is 314 g/mol. The maximum absolute atomic E-state index is 10.1. The molecule has 0 saturated carbocycles. The van der Waals surface area contributed by atoms with E-state index in [4.69, 9.17) is 23.7 Å². The molecule has 5 atom stereocenters. The molecule has 1 rings (SSSR count). The van der Waals surface area contributed by atoms with Crippen LogP contribution in [0.25, 0.3) is 0 Å². The molecule has 1 saturated heterocycles. The lowest BCUT2D eigenvalue weighted by Gasteiger charge is -2.46. The molecule has 0 aromatic rings. The molecule has 0 aliphatic carbocycles. The number of hydrogen-bond acceptors (Lipinski definition) is 6. The molecule has 0 radical (unpaired) electrons. The van der Waals surface area contributed by atoms with E-state index < -0.39 is 23.0 Å². The van der Waals surface area contributed by atoms with Crippen molar-refractivity contribution in [1.82, 2.24) is 0 Å². The maximum Gasteiger partial charge on any atom is 0.254 e. The second kappa shape index (κ2) is 6.42. The number of alkyl halides is 1. The van der Waals surface area contributed by atoms with Gasteiger partial charge in [-0.1, -0.05) is 0 Å². The van der Waals surface area contributed by atoms with Crippen LogP contribution in [-0.2, 0) is 23.7 Å². The number of hydrogen-bond donors (Lipinski definition) is 1. The summed E-state index contributed by atoms with van der Waals surface area (Å²) in [6.45, 7) is 0.280. The van der Waals surface area contributed by atoms with Crippen molar-refractivity contribution in [3.05, 3.63) is 0 Å². The van der Waals surface area contributed by atoms with E-state index in [1.54, 1.807) is 14.2 Å². The van der Waals surface area contributed by atoms with Gasteiger partial charge in [-0.05, 0) is 15.9 Å². The fraction of sp³-hybridized carbons (Fsp3) is 1.00. The first-order valence-electron chi connectivity index (χ1n) is 5.18. The van der Waals surface area contributed by atoms with Gasteiger partial charge in [0.1, 0.15) is 18.3 Å². The number of rotatable bonds is 5. The molecule has 0 amide bonds. The molecule has 0 aromatic heterocycles. The minimum absolute atomic E-state index is 0.280. The van der Waals surface area contributed by atoms with Crippen molar-refractivity contribution in [2.24, 2.45) is 0 Å². The number of halogens is 1. The zero-order chi connectivity index (χ0) is 13.1. The van der Waals surface area contributed by atoms with Crippen molar-refractivity contribution < 1.29 is 28.8 Å². The lowest BCUT2D eigenvalue weighted by Crippen LogP contribution is -2.64. The second-order valence-corrected chi connectivity index (χ2v) is 4.91. The molecule has 1 aliphatic rings. The summed E-state index contributed by atoms with van der Waals surface area (Å²) >= 11 is 3.08. The Morgan fingerprint density at radius 3 is 2.12 bits per heavy atom. The van der Waals surface area contributed by atoms with E-state index in [1.165, 1.54) is 14.2 Å². The van der Waals surface area contributed by atoms with Crippen LogP contribution in [0.15, 0.2) is 0 Å². The van der Waals surface area contributed by atoms with Gasteiger partial charge in [0.05, 0.1) is 6.61 Å². The van der Waals surface area contributed by atoms with E-state index in [-0.39, 0.29) is 12.7 Å². The van der Waals surface area contributed by atoms with E-state index in [9.17, 15) is 5.11 Å². The molecule has 7 heteroatoms. The van der Waals surface area contributed by atoms with Gasteiger partial charge in [-0.15, -0.1) is 0 Å². The highest BCUT2D eigenvalue weighted by Crippen LogP contribution is 2.36. The van der Waals surface area contributed by atoms with Crippen LogP contribution in [0, 0.1) is 0 Å². The summed E-state index contributed by atoms with van der Waals surface area (Å²) in [5.74, 6) is 0. The van der Waals surface area contributed by atoms with Crippen molar-refractivity contribution in [3.8, 4) is 0 Å². The molecule has 6 nitrogen and oxygen atoms in total. The summed E-state index contributed by atoms with van der Waals surface area (Å²) in [5.41, 5.74) is 0. The van der Waals surface area contributed by atoms with Gasteiger partial charge in [-0.25, -0.2) is 0 Å². The van der Waals surface area contributed by atoms with Crippen molar-refractivity contribution in [2.75, 3.05) is 35.0 Å². The lowest BCUT2D eigenvalue weighted by molar-refractivity contribution is -0.314. The Kier molecular flexibility index (Phi) is 5.78. The molecule has 0 unspecified atom stereocenters. The Labute approximate surface area is 109 Å². The van der Waals surface area contributed by atoms with E-state index in [1.807, 2.05) is 0 Å². The highest BCUT2D eigenvalue weighted by Gasteiger charge is 2.54. The Bertz CT molecular complexity index is 237. The van der Waals surface area contributed by atoms with Gasteiger partial charge in [0.15, 0.2) is 6.10 Å². The Balaban J connectivity index is 2.93. The van der Waals surface area contributed by atoms with E-state index in [2.05, 4.69) is 15.9 Å². The molecule has 0 bridgehead atoms. The number of aliphatic hydroxyl groups is 1.